The van der Waals surface area contributed by atoms with Gasteiger partial charge in [-0.1, -0.05) is 36.4 Å². The average Bonchev–Trinajstić information content (AvgIpc) is 2.53. The lowest BCUT2D eigenvalue weighted by Gasteiger charge is -2.09. The molecular weight excluding hydrogens is 248 g/mol. The van der Waals surface area contributed by atoms with Crippen LogP contribution in [-0.4, -0.2) is 10.1 Å². The Kier molecular flexibility index (Phi) is 3.61. The topological polar surface area (TPSA) is 45.1 Å². The van der Waals surface area contributed by atoms with Gasteiger partial charge >= 0.3 is 0 Å². The summed E-state index contributed by atoms with van der Waals surface area (Å²) in [5.41, 5.74) is 4.17. The molecule has 3 heteroatoms. The lowest BCUT2D eigenvalue weighted by Crippen LogP contribution is -2.00. The first kappa shape index (κ1) is 12.6. The molecule has 0 radical (unpaired) electrons. The van der Waals surface area contributed by atoms with Gasteiger partial charge in [-0.15, -0.1) is 0 Å². The van der Waals surface area contributed by atoms with Crippen LogP contribution in [-0.2, 0) is 13.2 Å². The maximum atomic E-state index is 9.03. The van der Waals surface area contributed by atoms with E-state index < -0.39 is 0 Å². The van der Waals surface area contributed by atoms with E-state index in [-0.39, 0.29) is 6.61 Å². The molecular formula is C17H16N2O. The number of benzene rings is 2. The van der Waals surface area contributed by atoms with E-state index in [9.17, 15) is 0 Å². The molecule has 3 nitrogen and oxygen atoms in total. The van der Waals surface area contributed by atoms with Crippen LogP contribution in [0, 0.1) is 0 Å². The van der Waals surface area contributed by atoms with Crippen LogP contribution in [0.25, 0.3) is 10.9 Å². The molecule has 0 saturated heterocycles. The van der Waals surface area contributed by atoms with Crippen molar-refractivity contribution in [1.82, 2.24) is 4.98 Å². The second-order valence-electron chi connectivity index (χ2n) is 4.70. The van der Waals surface area contributed by atoms with Crippen molar-refractivity contribution in [1.29, 1.82) is 0 Å². The Morgan fingerprint density at radius 1 is 0.950 bits per heavy atom. The summed E-state index contributed by atoms with van der Waals surface area (Å²) in [6.07, 6.45) is 1.82. The molecule has 1 heterocycles. The number of hydrogen-bond donors (Lipinski definition) is 2. The van der Waals surface area contributed by atoms with Gasteiger partial charge in [0.1, 0.15) is 0 Å². The molecule has 3 rings (SSSR count). The van der Waals surface area contributed by atoms with Crippen molar-refractivity contribution in [2.24, 2.45) is 0 Å². The minimum absolute atomic E-state index is 0.0769. The van der Waals surface area contributed by atoms with Crippen molar-refractivity contribution in [3.05, 3.63) is 71.9 Å². The number of pyridine rings is 1. The smallest absolute Gasteiger partial charge is 0.0751 e. The molecule has 3 aromatic rings. The fourth-order valence-electron chi connectivity index (χ4n) is 2.24. The summed E-state index contributed by atoms with van der Waals surface area (Å²) in [6.45, 7) is 0.806. The van der Waals surface area contributed by atoms with E-state index in [0.29, 0.717) is 0 Å². The van der Waals surface area contributed by atoms with Crippen LogP contribution in [0.5, 0.6) is 0 Å². The summed E-state index contributed by atoms with van der Waals surface area (Å²) in [7, 11) is 0. The molecule has 0 bridgehead atoms. The van der Waals surface area contributed by atoms with E-state index in [1.165, 1.54) is 5.56 Å². The Morgan fingerprint density at radius 2 is 1.75 bits per heavy atom. The number of anilines is 1. The van der Waals surface area contributed by atoms with E-state index in [1.807, 2.05) is 36.5 Å². The average molecular weight is 264 g/mol. The van der Waals surface area contributed by atoms with E-state index >= 15 is 0 Å². The minimum Gasteiger partial charge on any atom is -0.392 e. The Labute approximate surface area is 117 Å². The highest BCUT2D eigenvalue weighted by Crippen LogP contribution is 2.18. The summed E-state index contributed by atoms with van der Waals surface area (Å²) >= 11 is 0. The molecule has 0 unspecified atom stereocenters. The Balaban J connectivity index is 1.79. The number of fused-ring (bicyclic) bond motifs is 1. The zero-order valence-corrected chi connectivity index (χ0v) is 11.1. The molecule has 0 aliphatic carbocycles. The number of aliphatic hydroxyl groups is 1. The van der Waals surface area contributed by atoms with Crippen LogP contribution in [0.15, 0.2) is 60.8 Å². The van der Waals surface area contributed by atoms with Crippen molar-refractivity contribution in [3.63, 3.8) is 0 Å². The summed E-state index contributed by atoms with van der Waals surface area (Å²) in [5, 5.41) is 13.6. The highest BCUT2D eigenvalue weighted by Gasteiger charge is 2.01. The largest absolute Gasteiger partial charge is 0.392 e. The second kappa shape index (κ2) is 5.72. The van der Waals surface area contributed by atoms with Gasteiger partial charge in [0.2, 0.25) is 0 Å². The Morgan fingerprint density at radius 3 is 2.55 bits per heavy atom. The summed E-state index contributed by atoms with van der Waals surface area (Å²) in [5.74, 6) is 0. The summed E-state index contributed by atoms with van der Waals surface area (Å²) in [6, 6.07) is 18.0. The van der Waals surface area contributed by atoms with E-state index in [2.05, 4.69) is 34.6 Å². The van der Waals surface area contributed by atoms with Gasteiger partial charge in [-0.25, -0.2) is 0 Å². The quantitative estimate of drug-likeness (QED) is 0.759. The van der Waals surface area contributed by atoms with Crippen molar-refractivity contribution >= 4 is 16.6 Å². The lowest BCUT2D eigenvalue weighted by atomic mass is 10.1. The van der Waals surface area contributed by atoms with Gasteiger partial charge in [0, 0.05) is 23.8 Å². The SMILES string of the molecule is OCc1ccc(NCc2cccc3cccnc23)cc1. The van der Waals surface area contributed by atoms with Gasteiger partial charge in [-0.3, -0.25) is 4.98 Å². The van der Waals surface area contributed by atoms with Gasteiger partial charge in [0.15, 0.2) is 0 Å². The molecule has 0 aliphatic rings. The zero-order valence-electron chi connectivity index (χ0n) is 11.1. The molecule has 0 amide bonds. The number of nitrogens with zero attached hydrogens (tertiary/aromatic N) is 1. The number of nitrogens with one attached hydrogen (secondary N) is 1. The third-order valence-electron chi connectivity index (χ3n) is 3.34. The zero-order chi connectivity index (χ0) is 13.8. The van der Waals surface area contributed by atoms with Crippen LogP contribution < -0.4 is 5.32 Å². The molecule has 0 spiro atoms. The predicted molar refractivity (Wildman–Crippen MR) is 81.4 cm³/mol. The molecule has 0 atom stereocenters. The number of rotatable bonds is 4. The van der Waals surface area contributed by atoms with E-state index in [0.717, 1.165) is 28.7 Å². The van der Waals surface area contributed by atoms with Gasteiger partial charge < -0.3 is 10.4 Å². The lowest BCUT2D eigenvalue weighted by molar-refractivity contribution is 0.282. The van der Waals surface area contributed by atoms with Crippen molar-refractivity contribution in [2.75, 3.05) is 5.32 Å². The highest BCUT2D eigenvalue weighted by molar-refractivity contribution is 5.81. The fourth-order valence-corrected chi connectivity index (χ4v) is 2.24. The second-order valence-corrected chi connectivity index (χ2v) is 4.70. The molecule has 0 saturated carbocycles. The number of aliphatic hydroxyl groups excluding tert-OH is 1. The molecule has 0 fully saturated rings. The first-order valence-corrected chi connectivity index (χ1v) is 6.63. The fraction of sp³-hybridized carbons (Fsp3) is 0.118. The van der Waals surface area contributed by atoms with E-state index in [4.69, 9.17) is 5.11 Å². The maximum Gasteiger partial charge on any atom is 0.0751 e. The Bertz CT molecular complexity index is 702. The van der Waals surface area contributed by atoms with Gasteiger partial charge in [-0.2, -0.15) is 0 Å². The van der Waals surface area contributed by atoms with E-state index in [1.54, 1.807) is 0 Å². The normalized spacial score (nSPS) is 10.7. The third kappa shape index (κ3) is 2.63. The van der Waals surface area contributed by atoms with Crippen LogP contribution >= 0.6 is 0 Å². The minimum atomic E-state index is 0.0769. The molecule has 100 valence electrons. The van der Waals surface area contributed by atoms with Gasteiger partial charge in [0.05, 0.1) is 12.1 Å². The van der Waals surface area contributed by atoms with Crippen molar-refractivity contribution in [3.8, 4) is 0 Å². The van der Waals surface area contributed by atoms with Crippen molar-refractivity contribution < 1.29 is 5.11 Å². The van der Waals surface area contributed by atoms with Crippen molar-refractivity contribution in [2.45, 2.75) is 13.2 Å². The Hall–Kier alpha value is -2.39. The third-order valence-corrected chi connectivity index (χ3v) is 3.34. The van der Waals surface area contributed by atoms with Crippen LogP contribution in [0.4, 0.5) is 5.69 Å². The van der Waals surface area contributed by atoms with Gasteiger partial charge in [0.25, 0.3) is 0 Å². The molecule has 0 aliphatic heterocycles. The summed E-state index contributed by atoms with van der Waals surface area (Å²) < 4.78 is 0. The first-order chi connectivity index (χ1) is 9.86. The maximum absolute atomic E-state index is 9.03. The number of para-hydroxylation sites is 1. The van der Waals surface area contributed by atoms with Crippen LogP contribution in [0.3, 0.4) is 0 Å². The highest BCUT2D eigenvalue weighted by atomic mass is 16.3. The molecule has 1 aromatic heterocycles. The molecule has 2 N–H and O–H groups in total. The molecule has 2 aromatic carbocycles. The number of aromatic nitrogens is 1. The van der Waals surface area contributed by atoms with Crippen LogP contribution in [0.1, 0.15) is 11.1 Å². The standard InChI is InChI=1S/C17H16N2O/c20-12-13-6-8-16(9-7-13)19-11-15-4-1-3-14-5-2-10-18-17(14)15/h1-10,19-20H,11-12H2. The van der Waals surface area contributed by atoms with Gasteiger partial charge in [-0.05, 0) is 29.3 Å². The monoisotopic (exact) mass is 264 g/mol. The summed E-state index contributed by atoms with van der Waals surface area (Å²) in [4.78, 5) is 4.45. The first-order valence-electron chi connectivity index (χ1n) is 6.63. The number of hydrogen-bond acceptors (Lipinski definition) is 3. The van der Waals surface area contributed by atoms with Crippen LogP contribution in [0.2, 0.25) is 0 Å². The predicted octanol–water partition coefficient (Wildman–Crippen LogP) is 3.34. The molecule has 20 heavy (non-hydrogen) atoms.